The van der Waals surface area contributed by atoms with E-state index in [2.05, 4.69) is 31.0 Å². The molecule has 28 heavy (non-hydrogen) atoms. The van der Waals surface area contributed by atoms with Crippen LogP contribution in [0.15, 0.2) is 53.0 Å². The highest BCUT2D eigenvalue weighted by Gasteiger charge is 2.03. The van der Waals surface area contributed by atoms with Gasteiger partial charge < -0.3 is 15.4 Å². The molecular weight excluding hydrogens is 377 g/mol. The molecule has 0 bridgehead atoms. The van der Waals surface area contributed by atoms with Crippen molar-refractivity contribution in [3.63, 3.8) is 0 Å². The van der Waals surface area contributed by atoms with Gasteiger partial charge in [-0.15, -0.1) is 11.3 Å². The Morgan fingerprint density at radius 3 is 2.64 bits per heavy atom. The van der Waals surface area contributed by atoms with Crippen molar-refractivity contribution in [2.24, 2.45) is 4.99 Å². The zero-order valence-electron chi connectivity index (χ0n) is 15.8. The molecule has 0 atom stereocenters. The standard InChI is InChI=1S/C20H22FN5OS/c1-14-26-17(13-28-14)9-10-23-20(22-2)25-12-15-3-8-19(24-11-15)27-18-6-4-16(21)5-7-18/h3-8,11,13H,9-10,12H2,1-2H3,(H2,22,23,25). The molecule has 0 saturated heterocycles. The van der Waals surface area contributed by atoms with Crippen LogP contribution in [-0.4, -0.2) is 29.5 Å². The third-order valence-electron chi connectivity index (χ3n) is 3.86. The van der Waals surface area contributed by atoms with E-state index in [0.717, 1.165) is 35.2 Å². The van der Waals surface area contributed by atoms with Gasteiger partial charge in [0.15, 0.2) is 5.96 Å². The van der Waals surface area contributed by atoms with Gasteiger partial charge >= 0.3 is 0 Å². The van der Waals surface area contributed by atoms with Gasteiger partial charge in [0, 0.05) is 44.2 Å². The Morgan fingerprint density at radius 1 is 1.18 bits per heavy atom. The molecule has 0 saturated carbocycles. The molecule has 3 rings (SSSR count). The SMILES string of the molecule is CN=C(NCCc1csc(C)n1)NCc1ccc(Oc2ccc(F)cc2)nc1. The van der Waals surface area contributed by atoms with E-state index in [-0.39, 0.29) is 5.82 Å². The van der Waals surface area contributed by atoms with E-state index < -0.39 is 0 Å². The van der Waals surface area contributed by atoms with Crippen molar-refractivity contribution >= 4 is 17.3 Å². The molecule has 0 radical (unpaired) electrons. The van der Waals surface area contributed by atoms with Crippen molar-refractivity contribution in [2.75, 3.05) is 13.6 Å². The molecule has 0 aliphatic rings. The van der Waals surface area contributed by atoms with Gasteiger partial charge in [-0.2, -0.15) is 0 Å². The predicted molar refractivity (Wildman–Crippen MR) is 109 cm³/mol. The number of ether oxygens (including phenoxy) is 1. The van der Waals surface area contributed by atoms with Crippen LogP contribution in [0.25, 0.3) is 0 Å². The van der Waals surface area contributed by atoms with Gasteiger partial charge in [0.2, 0.25) is 5.88 Å². The maximum atomic E-state index is 12.9. The van der Waals surface area contributed by atoms with Gasteiger partial charge in [0.1, 0.15) is 11.6 Å². The number of aryl methyl sites for hydroxylation is 1. The number of aliphatic imine (C=N–C) groups is 1. The lowest BCUT2D eigenvalue weighted by molar-refractivity contribution is 0.461. The maximum Gasteiger partial charge on any atom is 0.219 e. The summed E-state index contributed by atoms with van der Waals surface area (Å²) in [6.45, 7) is 3.34. The van der Waals surface area contributed by atoms with Gasteiger partial charge in [0.25, 0.3) is 0 Å². The van der Waals surface area contributed by atoms with Crippen LogP contribution in [-0.2, 0) is 13.0 Å². The molecule has 2 N–H and O–H groups in total. The lowest BCUT2D eigenvalue weighted by Crippen LogP contribution is -2.37. The molecule has 6 nitrogen and oxygen atoms in total. The van der Waals surface area contributed by atoms with Gasteiger partial charge in [-0.1, -0.05) is 6.07 Å². The molecule has 0 amide bonds. The molecule has 0 spiro atoms. The maximum absolute atomic E-state index is 12.9. The zero-order chi connectivity index (χ0) is 19.8. The lowest BCUT2D eigenvalue weighted by atomic mass is 10.3. The molecule has 0 aliphatic carbocycles. The fourth-order valence-corrected chi connectivity index (χ4v) is 3.08. The molecule has 3 aromatic rings. The van der Waals surface area contributed by atoms with Crippen molar-refractivity contribution < 1.29 is 9.13 Å². The van der Waals surface area contributed by atoms with E-state index >= 15 is 0 Å². The summed E-state index contributed by atoms with van der Waals surface area (Å²) in [6, 6.07) is 9.53. The summed E-state index contributed by atoms with van der Waals surface area (Å²) in [5.74, 6) is 1.42. The number of nitrogens with zero attached hydrogens (tertiary/aromatic N) is 3. The fourth-order valence-electron chi connectivity index (χ4n) is 2.44. The zero-order valence-corrected chi connectivity index (χ0v) is 16.6. The van der Waals surface area contributed by atoms with Crippen LogP contribution in [0.4, 0.5) is 4.39 Å². The van der Waals surface area contributed by atoms with Gasteiger partial charge in [-0.25, -0.2) is 14.4 Å². The molecular formula is C20H22FN5OS. The van der Waals surface area contributed by atoms with E-state index in [1.807, 2.05) is 13.0 Å². The minimum Gasteiger partial charge on any atom is -0.439 e. The third-order valence-corrected chi connectivity index (χ3v) is 4.68. The Balaban J connectivity index is 1.44. The Kier molecular flexibility index (Phi) is 6.91. The number of thiazole rings is 1. The second-order valence-corrected chi connectivity index (χ2v) is 7.08. The van der Waals surface area contributed by atoms with Crippen molar-refractivity contribution in [1.29, 1.82) is 0 Å². The largest absolute Gasteiger partial charge is 0.439 e. The highest BCUT2D eigenvalue weighted by molar-refractivity contribution is 7.09. The number of guanidine groups is 1. The van der Waals surface area contributed by atoms with Crippen molar-refractivity contribution in [2.45, 2.75) is 19.9 Å². The van der Waals surface area contributed by atoms with Crippen LogP contribution in [0, 0.1) is 12.7 Å². The number of hydrogen-bond acceptors (Lipinski definition) is 5. The molecule has 0 aliphatic heterocycles. The van der Waals surface area contributed by atoms with Crippen LogP contribution >= 0.6 is 11.3 Å². The van der Waals surface area contributed by atoms with Crippen LogP contribution < -0.4 is 15.4 Å². The molecule has 0 fully saturated rings. The summed E-state index contributed by atoms with van der Waals surface area (Å²) < 4.78 is 18.5. The van der Waals surface area contributed by atoms with E-state index in [9.17, 15) is 4.39 Å². The Bertz CT molecular complexity index is 909. The second kappa shape index (κ2) is 9.80. The number of rotatable bonds is 7. The highest BCUT2D eigenvalue weighted by Crippen LogP contribution is 2.19. The molecule has 2 aromatic heterocycles. The quantitative estimate of drug-likeness (QED) is 0.468. The topological polar surface area (TPSA) is 71.4 Å². The highest BCUT2D eigenvalue weighted by atomic mass is 32.1. The molecule has 2 heterocycles. The molecule has 146 valence electrons. The average molecular weight is 399 g/mol. The normalized spacial score (nSPS) is 11.3. The minimum absolute atomic E-state index is 0.301. The summed E-state index contributed by atoms with van der Waals surface area (Å²) in [7, 11) is 1.74. The minimum atomic E-state index is -0.301. The Morgan fingerprint density at radius 2 is 2.00 bits per heavy atom. The summed E-state index contributed by atoms with van der Waals surface area (Å²) in [5.41, 5.74) is 2.08. The van der Waals surface area contributed by atoms with E-state index in [4.69, 9.17) is 4.74 Å². The van der Waals surface area contributed by atoms with E-state index in [0.29, 0.717) is 18.2 Å². The molecule has 0 unspecified atom stereocenters. The van der Waals surface area contributed by atoms with Crippen molar-refractivity contribution in [3.05, 3.63) is 70.1 Å². The monoisotopic (exact) mass is 399 g/mol. The number of nitrogens with one attached hydrogen (secondary N) is 2. The van der Waals surface area contributed by atoms with Gasteiger partial charge in [-0.3, -0.25) is 4.99 Å². The third kappa shape index (κ3) is 6.02. The van der Waals surface area contributed by atoms with E-state index in [1.165, 1.54) is 12.1 Å². The second-order valence-electron chi connectivity index (χ2n) is 6.02. The van der Waals surface area contributed by atoms with Crippen molar-refractivity contribution in [3.8, 4) is 11.6 Å². The summed E-state index contributed by atoms with van der Waals surface area (Å²) in [6.07, 6.45) is 2.58. The average Bonchev–Trinajstić information content (AvgIpc) is 3.12. The van der Waals surface area contributed by atoms with Crippen LogP contribution in [0.2, 0.25) is 0 Å². The first kappa shape index (κ1) is 19.8. The molecule has 8 heteroatoms. The first-order chi connectivity index (χ1) is 13.6. The van der Waals surface area contributed by atoms with Crippen LogP contribution in [0.3, 0.4) is 0 Å². The number of hydrogen-bond donors (Lipinski definition) is 2. The smallest absolute Gasteiger partial charge is 0.219 e. The number of halogens is 1. The van der Waals surface area contributed by atoms with Crippen molar-refractivity contribution in [1.82, 2.24) is 20.6 Å². The first-order valence-corrected chi connectivity index (χ1v) is 9.74. The summed E-state index contributed by atoms with van der Waals surface area (Å²) in [4.78, 5) is 13.0. The van der Waals surface area contributed by atoms with Gasteiger partial charge in [-0.05, 0) is 36.8 Å². The summed E-state index contributed by atoms with van der Waals surface area (Å²) >= 11 is 1.66. The summed E-state index contributed by atoms with van der Waals surface area (Å²) in [5, 5.41) is 9.68. The molecule has 1 aromatic carbocycles. The lowest BCUT2D eigenvalue weighted by Gasteiger charge is -2.11. The fraction of sp³-hybridized carbons (Fsp3) is 0.250. The van der Waals surface area contributed by atoms with Crippen LogP contribution in [0.5, 0.6) is 11.6 Å². The van der Waals surface area contributed by atoms with Gasteiger partial charge in [0.05, 0.1) is 10.7 Å². The number of benzene rings is 1. The first-order valence-electron chi connectivity index (χ1n) is 8.86. The predicted octanol–water partition coefficient (Wildman–Crippen LogP) is 3.69. The Labute approximate surface area is 167 Å². The number of aromatic nitrogens is 2. The van der Waals surface area contributed by atoms with E-state index in [1.54, 1.807) is 42.8 Å². The van der Waals surface area contributed by atoms with Crippen LogP contribution in [0.1, 0.15) is 16.3 Å². The Hall–Kier alpha value is -3.00. The number of pyridine rings is 1.